The molecule has 1 aromatic carbocycles. The summed E-state index contributed by atoms with van der Waals surface area (Å²) in [6, 6.07) is 2.17. The molecule has 0 bridgehead atoms. The molecule has 13 heteroatoms. The van der Waals surface area contributed by atoms with Crippen LogP contribution in [-0.2, 0) is 44.2 Å². The Morgan fingerprint density at radius 2 is 2.05 bits per heavy atom. The fourth-order valence-electron chi connectivity index (χ4n) is 6.37. The number of pyridine rings is 2. The minimum absolute atomic E-state index is 0.0301. The Hall–Kier alpha value is -3.81. The Morgan fingerprint density at radius 3 is 2.76 bits per heavy atom. The quantitative estimate of drug-likeness (QED) is 0.281. The van der Waals surface area contributed by atoms with Crippen LogP contribution in [0.25, 0.3) is 22.3 Å². The number of carbonyl (C=O) groups is 2. The van der Waals surface area contributed by atoms with Crippen molar-refractivity contribution >= 4 is 22.8 Å². The number of ether oxygens (including phenoxy) is 2. The number of aryl methyl sites for hydroxylation is 1. The SMILES string of the molecule is CCC1(O)C(=O)OCc2c1cc1n(c2=O)Cc2c-1nc1cc(F)c(C)c3c1c2C(NC(=O)C(O)CCOC(F)F)CC3. The number of benzene rings is 1. The molecule has 3 N–H and O–H groups in total. The van der Waals surface area contributed by atoms with Gasteiger partial charge in [0.2, 0.25) is 5.91 Å². The molecule has 1 amide bonds. The maximum absolute atomic E-state index is 15.0. The van der Waals surface area contributed by atoms with Gasteiger partial charge in [0, 0.05) is 29.0 Å². The summed E-state index contributed by atoms with van der Waals surface area (Å²) in [7, 11) is 0. The van der Waals surface area contributed by atoms with E-state index in [1.807, 2.05) is 0 Å². The summed E-state index contributed by atoms with van der Waals surface area (Å²) < 4.78 is 50.4. The van der Waals surface area contributed by atoms with Crippen LogP contribution in [0.1, 0.15) is 65.6 Å². The van der Waals surface area contributed by atoms with Gasteiger partial charge in [-0.15, -0.1) is 0 Å². The molecule has 0 spiro atoms. The molecular formula is C29H28F3N3O7. The van der Waals surface area contributed by atoms with Gasteiger partial charge >= 0.3 is 12.6 Å². The second-order valence-corrected chi connectivity index (χ2v) is 10.8. The van der Waals surface area contributed by atoms with E-state index in [-0.39, 0.29) is 37.1 Å². The molecule has 2 aliphatic heterocycles. The van der Waals surface area contributed by atoms with Crippen LogP contribution in [-0.4, -0.2) is 51.0 Å². The summed E-state index contributed by atoms with van der Waals surface area (Å²) in [5, 5.41) is 24.9. The van der Waals surface area contributed by atoms with Crippen molar-refractivity contribution in [3.63, 3.8) is 0 Å². The molecule has 2 aromatic heterocycles. The monoisotopic (exact) mass is 587 g/mol. The highest BCUT2D eigenvalue weighted by Gasteiger charge is 2.46. The smallest absolute Gasteiger partial charge is 0.345 e. The number of alkyl halides is 2. The number of halogens is 3. The third kappa shape index (κ3) is 4.21. The first kappa shape index (κ1) is 28.3. The van der Waals surface area contributed by atoms with Gasteiger partial charge in [0.1, 0.15) is 18.5 Å². The molecule has 6 rings (SSSR count). The first-order valence-electron chi connectivity index (χ1n) is 13.7. The van der Waals surface area contributed by atoms with Crippen molar-refractivity contribution in [1.29, 1.82) is 0 Å². The van der Waals surface area contributed by atoms with Gasteiger partial charge in [0.25, 0.3) is 5.56 Å². The number of carbonyl (C=O) groups excluding carboxylic acids is 2. The van der Waals surface area contributed by atoms with Crippen molar-refractivity contribution in [2.75, 3.05) is 6.61 Å². The normalized spacial score (nSPS) is 21.1. The lowest BCUT2D eigenvalue weighted by Gasteiger charge is -2.31. The standard InChI is InChI=1S/C29H28F3N3O7/c1-3-29(40)16-8-20-24-14(10-35(20)26(38)15(16)11-42-27(29)39)23-18(34-25(37)21(36)6-7-41-28(31)32)5-4-13-12(2)17(30)9-19(33-24)22(13)23/h8-9,18,21,28,36,40H,3-7,10-11H2,1-2H3,(H,34,37). The van der Waals surface area contributed by atoms with Crippen LogP contribution in [0.5, 0.6) is 0 Å². The summed E-state index contributed by atoms with van der Waals surface area (Å²) in [6.07, 6.45) is -1.25. The van der Waals surface area contributed by atoms with Crippen LogP contribution >= 0.6 is 0 Å². The second-order valence-electron chi connectivity index (χ2n) is 10.8. The zero-order valence-corrected chi connectivity index (χ0v) is 22.8. The average Bonchev–Trinajstić information content (AvgIpc) is 3.32. The molecular weight excluding hydrogens is 559 g/mol. The zero-order valence-electron chi connectivity index (χ0n) is 22.8. The predicted octanol–water partition coefficient (Wildman–Crippen LogP) is 2.62. The van der Waals surface area contributed by atoms with Gasteiger partial charge in [-0.1, -0.05) is 6.92 Å². The molecule has 0 saturated heterocycles. The number of nitrogens with one attached hydrogen (secondary N) is 1. The fourth-order valence-corrected chi connectivity index (χ4v) is 6.37. The van der Waals surface area contributed by atoms with E-state index in [0.29, 0.717) is 57.4 Å². The number of hydrogen-bond donors (Lipinski definition) is 3. The Labute approximate surface area is 237 Å². The first-order chi connectivity index (χ1) is 20.0. The number of rotatable bonds is 7. The van der Waals surface area contributed by atoms with E-state index in [1.165, 1.54) is 10.6 Å². The lowest BCUT2D eigenvalue weighted by atomic mass is 9.81. The van der Waals surface area contributed by atoms with E-state index in [0.717, 1.165) is 0 Å². The highest BCUT2D eigenvalue weighted by atomic mass is 19.3. The predicted molar refractivity (Wildman–Crippen MR) is 141 cm³/mol. The molecule has 0 radical (unpaired) electrons. The molecule has 4 heterocycles. The lowest BCUT2D eigenvalue weighted by Crippen LogP contribution is -2.44. The average molecular weight is 588 g/mol. The number of esters is 1. The lowest BCUT2D eigenvalue weighted by molar-refractivity contribution is -0.172. The van der Waals surface area contributed by atoms with Crippen LogP contribution < -0.4 is 10.9 Å². The van der Waals surface area contributed by atoms with Gasteiger partial charge in [-0.25, -0.2) is 14.2 Å². The molecule has 42 heavy (non-hydrogen) atoms. The van der Waals surface area contributed by atoms with Gasteiger partial charge in [-0.3, -0.25) is 9.59 Å². The van der Waals surface area contributed by atoms with Crippen molar-refractivity contribution in [3.8, 4) is 11.4 Å². The molecule has 3 atom stereocenters. The van der Waals surface area contributed by atoms with E-state index in [2.05, 4.69) is 10.1 Å². The highest BCUT2D eigenvalue weighted by molar-refractivity contribution is 5.94. The van der Waals surface area contributed by atoms with E-state index in [1.54, 1.807) is 19.9 Å². The van der Waals surface area contributed by atoms with Crippen LogP contribution in [0, 0.1) is 12.7 Å². The van der Waals surface area contributed by atoms with Crippen LogP contribution in [0.15, 0.2) is 16.9 Å². The van der Waals surface area contributed by atoms with Crippen LogP contribution in [0.3, 0.4) is 0 Å². The Morgan fingerprint density at radius 1 is 1.29 bits per heavy atom. The molecule has 0 saturated carbocycles. The van der Waals surface area contributed by atoms with E-state index >= 15 is 4.39 Å². The van der Waals surface area contributed by atoms with E-state index < -0.39 is 54.2 Å². The highest BCUT2D eigenvalue weighted by Crippen LogP contribution is 2.46. The molecule has 0 fully saturated rings. The van der Waals surface area contributed by atoms with Crippen LogP contribution in [0.4, 0.5) is 13.2 Å². The topological polar surface area (TPSA) is 140 Å². The minimum atomic E-state index is -3.03. The van der Waals surface area contributed by atoms with Crippen molar-refractivity contribution in [3.05, 3.63) is 61.7 Å². The minimum Gasteiger partial charge on any atom is -0.458 e. The third-order valence-electron chi connectivity index (χ3n) is 8.63. The Kier molecular flexibility index (Phi) is 6.86. The third-order valence-corrected chi connectivity index (χ3v) is 8.63. The summed E-state index contributed by atoms with van der Waals surface area (Å²) >= 11 is 0. The number of amides is 1. The molecule has 3 aromatic rings. The van der Waals surface area contributed by atoms with Gasteiger partial charge in [0.15, 0.2) is 5.60 Å². The van der Waals surface area contributed by atoms with Crippen molar-refractivity contribution in [1.82, 2.24) is 14.9 Å². The van der Waals surface area contributed by atoms with Gasteiger partial charge in [-0.2, -0.15) is 8.78 Å². The second kappa shape index (κ2) is 10.2. The maximum atomic E-state index is 15.0. The Balaban J connectivity index is 1.49. The molecule has 3 aliphatic rings. The molecule has 10 nitrogen and oxygen atoms in total. The number of cyclic esters (lactones) is 1. The summed E-state index contributed by atoms with van der Waals surface area (Å²) in [6.45, 7) is -0.538. The van der Waals surface area contributed by atoms with Crippen molar-refractivity contribution < 1.29 is 42.4 Å². The summed E-state index contributed by atoms with van der Waals surface area (Å²) in [5.41, 5.74) is 1.13. The van der Waals surface area contributed by atoms with E-state index in [9.17, 15) is 33.4 Å². The number of hydrogen-bond acceptors (Lipinski definition) is 8. The zero-order chi connectivity index (χ0) is 30.1. The largest absolute Gasteiger partial charge is 0.458 e. The molecule has 1 aliphatic carbocycles. The molecule has 3 unspecified atom stereocenters. The van der Waals surface area contributed by atoms with Gasteiger partial charge < -0.3 is 29.6 Å². The van der Waals surface area contributed by atoms with Crippen LogP contribution in [0.2, 0.25) is 0 Å². The number of aromatic nitrogens is 2. The number of aliphatic hydroxyl groups is 2. The van der Waals surface area contributed by atoms with Gasteiger partial charge in [0.05, 0.1) is 41.7 Å². The van der Waals surface area contributed by atoms with Crippen molar-refractivity contribution in [2.45, 2.75) is 77.0 Å². The molecule has 222 valence electrons. The van der Waals surface area contributed by atoms with E-state index in [4.69, 9.17) is 9.72 Å². The summed E-state index contributed by atoms with van der Waals surface area (Å²) in [5.74, 6) is -2.11. The summed E-state index contributed by atoms with van der Waals surface area (Å²) in [4.78, 5) is 43.8. The first-order valence-corrected chi connectivity index (χ1v) is 13.7. The fraction of sp³-hybridized carbons (Fsp3) is 0.448. The maximum Gasteiger partial charge on any atom is 0.345 e. The van der Waals surface area contributed by atoms with Crippen molar-refractivity contribution in [2.24, 2.45) is 0 Å². The Bertz CT molecular complexity index is 1720. The number of fused-ring (bicyclic) bond motifs is 5. The number of nitrogens with zero attached hydrogens (tertiary/aromatic N) is 2. The number of aliphatic hydroxyl groups excluding tert-OH is 1. The van der Waals surface area contributed by atoms with Gasteiger partial charge in [-0.05, 0) is 48.9 Å².